The second-order valence-electron chi connectivity index (χ2n) is 5.21. The number of carboxylic acid groups (broad SMARTS) is 1. The van der Waals surface area contributed by atoms with Gasteiger partial charge in [-0.25, -0.2) is 4.79 Å². The molecule has 0 radical (unpaired) electrons. The van der Waals surface area contributed by atoms with Crippen molar-refractivity contribution in [2.24, 2.45) is 0 Å². The Labute approximate surface area is 134 Å². The summed E-state index contributed by atoms with van der Waals surface area (Å²) in [7, 11) is 1.59. The number of benzene rings is 2. The van der Waals surface area contributed by atoms with Crippen LogP contribution < -0.4 is 10.1 Å². The molecule has 0 saturated heterocycles. The maximum atomic E-state index is 12.1. The number of anilines is 1. The molecule has 0 aliphatic carbocycles. The third-order valence-electron chi connectivity index (χ3n) is 3.49. The highest BCUT2D eigenvalue weighted by Crippen LogP contribution is 2.20. The molecule has 2 aromatic carbocycles. The van der Waals surface area contributed by atoms with Crippen LogP contribution in [-0.4, -0.2) is 24.1 Å². The maximum absolute atomic E-state index is 12.1. The van der Waals surface area contributed by atoms with Crippen LogP contribution in [0.4, 0.5) is 5.69 Å². The van der Waals surface area contributed by atoms with Crippen LogP contribution in [0.15, 0.2) is 42.5 Å². The Bertz CT molecular complexity index is 725. The molecular formula is C18H19NO4. The van der Waals surface area contributed by atoms with Gasteiger partial charge in [0, 0.05) is 6.42 Å². The third kappa shape index (κ3) is 4.32. The molecule has 2 aromatic rings. The number of para-hydroxylation sites is 1. The molecule has 0 bridgehead atoms. The largest absolute Gasteiger partial charge is 0.496 e. The van der Waals surface area contributed by atoms with Crippen LogP contribution in [0.5, 0.6) is 5.75 Å². The number of hydrogen-bond acceptors (Lipinski definition) is 3. The van der Waals surface area contributed by atoms with Crippen molar-refractivity contribution in [2.75, 3.05) is 12.4 Å². The van der Waals surface area contributed by atoms with Crippen molar-refractivity contribution in [1.29, 1.82) is 0 Å². The van der Waals surface area contributed by atoms with Gasteiger partial charge in [-0.2, -0.15) is 0 Å². The first kappa shape index (κ1) is 16.5. The quantitative estimate of drug-likeness (QED) is 0.858. The summed E-state index contributed by atoms with van der Waals surface area (Å²) >= 11 is 0. The number of ether oxygens (including phenoxy) is 1. The van der Waals surface area contributed by atoms with E-state index < -0.39 is 5.97 Å². The van der Waals surface area contributed by atoms with E-state index in [0.717, 1.165) is 16.9 Å². The molecule has 0 unspecified atom stereocenters. The van der Waals surface area contributed by atoms with E-state index in [-0.39, 0.29) is 17.9 Å². The van der Waals surface area contributed by atoms with Crippen molar-refractivity contribution in [1.82, 2.24) is 0 Å². The molecule has 5 heteroatoms. The Morgan fingerprint density at radius 2 is 1.91 bits per heavy atom. The second-order valence-corrected chi connectivity index (χ2v) is 5.21. The molecule has 120 valence electrons. The number of aromatic carboxylic acids is 1. The SMILES string of the molecule is COc1ccccc1CCC(=O)Nc1ccc(C)cc1C(=O)O. The summed E-state index contributed by atoms with van der Waals surface area (Å²) in [5.74, 6) is -0.558. The Morgan fingerprint density at radius 1 is 1.17 bits per heavy atom. The van der Waals surface area contributed by atoms with Gasteiger partial charge in [-0.3, -0.25) is 4.79 Å². The van der Waals surface area contributed by atoms with E-state index in [4.69, 9.17) is 4.74 Å². The molecule has 0 fully saturated rings. The number of amides is 1. The first-order valence-corrected chi connectivity index (χ1v) is 7.27. The fraction of sp³-hybridized carbons (Fsp3) is 0.222. The van der Waals surface area contributed by atoms with E-state index in [0.29, 0.717) is 12.1 Å². The Morgan fingerprint density at radius 3 is 2.61 bits per heavy atom. The highest BCUT2D eigenvalue weighted by molar-refractivity contribution is 6.00. The molecule has 0 aliphatic rings. The monoisotopic (exact) mass is 313 g/mol. The molecule has 2 rings (SSSR count). The van der Waals surface area contributed by atoms with E-state index in [1.807, 2.05) is 24.3 Å². The topological polar surface area (TPSA) is 75.6 Å². The molecule has 0 aliphatic heterocycles. The van der Waals surface area contributed by atoms with Gasteiger partial charge in [0.2, 0.25) is 5.91 Å². The molecule has 0 spiro atoms. The number of carbonyl (C=O) groups excluding carboxylic acids is 1. The van der Waals surface area contributed by atoms with E-state index >= 15 is 0 Å². The third-order valence-corrected chi connectivity index (χ3v) is 3.49. The van der Waals surface area contributed by atoms with Gasteiger partial charge in [0.05, 0.1) is 18.4 Å². The number of carbonyl (C=O) groups is 2. The van der Waals surface area contributed by atoms with Gasteiger partial charge < -0.3 is 15.2 Å². The van der Waals surface area contributed by atoms with Crippen LogP contribution in [0, 0.1) is 6.92 Å². The van der Waals surface area contributed by atoms with Crippen LogP contribution in [-0.2, 0) is 11.2 Å². The fourth-order valence-corrected chi connectivity index (χ4v) is 2.31. The summed E-state index contributed by atoms with van der Waals surface area (Å²) in [6.07, 6.45) is 0.761. The van der Waals surface area contributed by atoms with Crippen LogP contribution in [0.1, 0.15) is 27.9 Å². The molecule has 0 saturated carbocycles. The van der Waals surface area contributed by atoms with Crippen LogP contribution in [0.3, 0.4) is 0 Å². The van der Waals surface area contributed by atoms with Crippen LogP contribution in [0.2, 0.25) is 0 Å². The molecule has 0 heterocycles. The number of aryl methyl sites for hydroxylation is 2. The minimum Gasteiger partial charge on any atom is -0.496 e. The van der Waals surface area contributed by atoms with Crippen molar-refractivity contribution in [2.45, 2.75) is 19.8 Å². The second kappa shape index (κ2) is 7.45. The van der Waals surface area contributed by atoms with Gasteiger partial charge in [0.25, 0.3) is 0 Å². The molecule has 23 heavy (non-hydrogen) atoms. The van der Waals surface area contributed by atoms with E-state index in [1.165, 1.54) is 6.07 Å². The summed E-state index contributed by atoms with van der Waals surface area (Å²) in [5.41, 5.74) is 2.17. The molecule has 1 amide bonds. The summed E-state index contributed by atoms with van der Waals surface area (Å²) in [4.78, 5) is 23.4. The Hall–Kier alpha value is -2.82. The van der Waals surface area contributed by atoms with Crippen molar-refractivity contribution in [3.63, 3.8) is 0 Å². The molecule has 0 aromatic heterocycles. The van der Waals surface area contributed by atoms with E-state index in [9.17, 15) is 14.7 Å². The number of methoxy groups -OCH3 is 1. The lowest BCUT2D eigenvalue weighted by Gasteiger charge is -2.10. The molecular weight excluding hydrogens is 294 g/mol. The van der Waals surface area contributed by atoms with Crippen LogP contribution in [0.25, 0.3) is 0 Å². The van der Waals surface area contributed by atoms with Gasteiger partial charge in [-0.1, -0.05) is 29.8 Å². The molecule has 2 N–H and O–H groups in total. The normalized spacial score (nSPS) is 10.2. The zero-order chi connectivity index (χ0) is 16.8. The minimum absolute atomic E-state index is 0.0932. The lowest BCUT2D eigenvalue weighted by atomic mass is 10.1. The van der Waals surface area contributed by atoms with Gasteiger partial charge in [0.1, 0.15) is 5.75 Å². The number of hydrogen-bond donors (Lipinski definition) is 2. The molecule has 0 atom stereocenters. The number of rotatable bonds is 6. The van der Waals surface area contributed by atoms with Crippen molar-refractivity contribution in [3.8, 4) is 5.75 Å². The Balaban J connectivity index is 2.04. The summed E-state index contributed by atoms with van der Waals surface area (Å²) in [6.45, 7) is 1.81. The minimum atomic E-state index is -1.06. The summed E-state index contributed by atoms with van der Waals surface area (Å²) < 4.78 is 5.25. The highest BCUT2D eigenvalue weighted by Gasteiger charge is 2.13. The first-order valence-electron chi connectivity index (χ1n) is 7.27. The fourth-order valence-electron chi connectivity index (χ4n) is 2.31. The van der Waals surface area contributed by atoms with E-state index in [2.05, 4.69) is 5.32 Å². The predicted molar refractivity (Wildman–Crippen MR) is 88.1 cm³/mol. The Kier molecular flexibility index (Phi) is 5.36. The predicted octanol–water partition coefficient (Wildman–Crippen LogP) is 3.27. The van der Waals surface area contributed by atoms with E-state index in [1.54, 1.807) is 26.2 Å². The standard InChI is InChI=1S/C18H19NO4/c1-12-7-9-15(14(11-12)18(21)22)19-17(20)10-8-13-5-3-4-6-16(13)23-2/h3-7,9,11H,8,10H2,1-2H3,(H,19,20)(H,21,22). The summed E-state index contributed by atoms with van der Waals surface area (Å²) in [5, 5.41) is 11.9. The van der Waals surface area contributed by atoms with Crippen molar-refractivity contribution < 1.29 is 19.4 Å². The lowest BCUT2D eigenvalue weighted by molar-refractivity contribution is -0.116. The van der Waals surface area contributed by atoms with Gasteiger partial charge in [-0.05, 0) is 37.1 Å². The average molecular weight is 313 g/mol. The highest BCUT2D eigenvalue weighted by atomic mass is 16.5. The van der Waals surface area contributed by atoms with Gasteiger partial charge in [0.15, 0.2) is 0 Å². The number of nitrogens with one attached hydrogen (secondary N) is 1. The van der Waals surface area contributed by atoms with Gasteiger partial charge in [-0.15, -0.1) is 0 Å². The zero-order valence-electron chi connectivity index (χ0n) is 13.1. The van der Waals surface area contributed by atoms with Crippen LogP contribution >= 0.6 is 0 Å². The zero-order valence-corrected chi connectivity index (χ0v) is 13.1. The first-order chi connectivity index (χ1) is 11.0. The van der Waals surface area contributed by atoms with Crippen molar-refractivity contribution in [3.05, 3.63) is 59.2 Å². The number of carboxylic acids is 1. The lowest BCUT2D eigenvalue weighted by Crippen LogP contribution is -2.15. The maximum Gasteiger partial charge on any atom is 0.337 e. The van der Waals surface area contributed by atoms with Crippen molar-refractivity contribution >= 4 is 17.6 Å². The smallest absolute Gasteiger partial charge is 0.337 e. The average Bonchev–Trinajstić information content (AvgIpc) is 2.54. The van der Waals surface area contributed by atoms with Gasteiger partial charge >= 0.3 is 5.97 Å². The summed E-state index contributed by atoms with van der Waals surface area (Å²) in [6, 6.07) is 12.4. The molecule has 5 nitrogen and oxygen atoms in total.